The summed E-state index contributed by atoms with van der Waals surface area (Å²) in [6.07, 6.45) is 2.35. The van der Waals surface area contributed by atoms with E-state index in [1.807, 2.05) is 35.2 Å². The maximum atomic E-state index is 12.9. The molecule has 26 heavy (non-hydrogen) atoms. The summed E-state index contributed by atoms with van der Waals surface area (Å²) < 4.78 is 25.3. The molecule has 0 N–H and O–H groups in total. The molecule has 1 aliphatic heterocycles. The molecule has 3 rings (SSSR count). The minimum Gasteiger partial charge on any atom is -0.348 e. The van der Waals surface area contributed by atoms with E-state index < -0.39 is 7.60 Å². The molecular formula is C18H24N3O4P. The summed E-state index contributed by atoms with van der Waals surface area (Å²) >= 11 is 0. The second kappa shape index (κ2) is 7.74. The van der Waals surface area contributed by atoms with Gasteiger partial charge in [-0.2, -0.15) is 0 Å². The molecule has 2 heterocycles. The summed E-state index contributed by atoms with van der Waals surface area (Å²) in [5.41, 5.74) is 1.43. The summed E-state index contributed by atoms with van der Waals surface area (Å²) in [5, 5.41) is 0.676. The lowest BCUT2D eigenvalue weighted by Crippen LogP contribution is -2.36. The normalized spacial score (nSPS) is 15.3. The van der Waals surface area contributed by atoms with E-state index in [-0.39, 0.29) is 5.56 Å². The van der Waals surface area contributed by atoms with Gasteiger partial charge >= 0.3 is 7.60 Å². The fourth-order valence-electron chi connectivity index (χ4n) is 3.11. The first kappa shape index (κ1) is 18.8. The van der Waals surface area contributed by atoms with Crippen molar-refractivity contribution in [3.05, 3.63) is 46.0 Å². The van der Waals surface area contributed by atoms with E-state index in [0.29, 0.717) is 43.9 Å². The zero-order valence-electron chi connectivity index (χ0n) is 15.3. The van der Waals surface area contributed by atoms with Gasteiger partial charge in [-0.25, -0.2) is 4.98 Å². The van der Waals surface area contributed by atoms with Gasteiger partial charge in [0.1, 0.15) is 0 Å². The third-order valence-corrected chi connectivity index (χ3v) is 6.71. The molecule has 8 heteroatoms. The van der Waals surface area contributed by atoms with Gasteiger partial charge in [-0.3, -0.25) is 9.36 Å². The van der Waals surface area contributed by atoms with Crippen molar-refractivity contribution in [3.63, 3.8) is 0 Å². The molecule has 0 radical (unpaired) electrons. The Balaban J connectivity index is 1.91. The Hall–Kier alpha value is -1.95. The van der Waals surface area contributed by atoms with Crippen molar-refractivity contribution in [2.45, 2.75) is 20.3 Å². The Kier molecular flexibility index (Phi) is 5.61. The highest BCUT2D eigenvalue weighted by Crippen LogP contribution is 2.57. The van der Waals surface area contributed by atoms with E-state index in [9.17, 15) is 9.36 Å². The third-order valence-electron chi connectivity index (χ3n) is 4.40. The van der Waals surface area contributed by atoms with Gasteiger partial charge in [0.2, 0.25) is 0 Å². The number of hydrogen-bond acceptors (Lipinski definition) is 6. The van der Waals surface area contributed by atoms with Crippen molar-refractivity contribution in [2.75, 3.05) is 31.2 Å². The van der Waals surface area contributed by atoms with Crippen LogP contribution >= 0.6 is 7.60 Å². The zero-order chi connectivity index (χ0) is 18.7. The molecule has 0 saturated carbocycles. The van der Waals surface area contributed by atoms with Crippen molar-refractivity contribution in [2.24, 2.45) is 7.05 Å². The number of aryl methyl sites for hydroxylation is 1. The van der Waals surface area contributed by atoms with Gasteiger partial charge in [-0.15, -0.1) is 0 Å². The van der Waals surface area contributed by atoms with Crippen LogP contribution in [0.1, 0.15) is 20.3 Å². The lowest BCUT2D eigenvalue weighted by molar-refractivity contribution is 0.225. The molecule has 7 nitrogen and oxygen atoms in total. The lowest BCUT2D eigenvalue weighted by Gasteiger charge is -2.29. The Bertz CT molecular complexity index is 928. The van der Waals surface area contributed by atoms with E-state index in [2.05, 4.69) is 4.98 Å². The van der Waals surface area contributed by atoms with Crippen LogP contribution in [0.15, 0.2) is 40.5 Å². The van der Waals surface area contributed by atoms with Crippen LogP contribution in [0.4, 0.5) is 5.82 Å². The van der Waals surface area contributed by atoms with E-state index in [0.717, 1.165) is 11.0 Å². The van der Waals surface area contributed by atoms with Crippen LogP contribution in [0, 0.1) is 0 Å². The van der Waals surface area contributed by atoms with Gasteiger partial charge in [-0.1, -0.05) is 18.2 Å². The number of anilines is 1. The summed E-state index contributed by atoms with van der Waals surface area (Å²) in [7, 11) is -1.49. The molecule has 2 aromatic rings. The lowest BCUT2D eigenvalue weighted by atomic mass is 10.2. The molecule has 0 saturated heterocycles. The molecule has 0 atom stereocenters. The first-order valence-corrected chi connectivity index (χ1v) is 10.3. The maximum absolute atomic E-state index is 12.9. The highest BCUT2D eigenvalue weighted by atomic mass is 31.2. The van der Waals surface area contributed by atoms with Gasteiger partial charge in [0.15, 0.2) is 5.82 Å². The first-order valence-electron chi connectivity index (χ1n) is 8.79. The van der Waals surface area contributed by atoms with Crippen molar-refractivity contribution in [1.29, 1.82) is 0 Å². The van der Waals surface area contributed by atoms with Crippen LogP contribution in [0.3, 0.4) is 0 Å². The average molecular weight is 377 g/mol. The minimum atomic E-state index is -3.24. The number of para-hydroxylation sites is 2. The number of fused-ring (bicyclic) bond motifs is 1. The highest BCUT2D eigenvalue weighted by molar-refractivity contribution is 7.58. The molecule has 0 amide bonds. The van der Waals surface area contributed by atoms with Crippen molar-refractivity contribution >= 4 is 24.4 Å². The number of rotatable bonds is 6. The molecule has 0 bridgehead atoms. The number of nitrogens with zero attached hydrogens (tertiary/aromatic N) is 3. The standard InChI is InChI=1S/C18H24N3O4P/c1-4-24-26(23,25-5-2)14-10-12-21(13-11-14)17-18(22)20(3)16-9-7-6-8-15(16)19-17/h6-10H,4-5,11-13H2,1-3H3. The summed E-state index contributed by atoms with van der Waals surface area (Å²) in [5.74, 6) is 0.407. The first-order chi connectivity index (χ1) is 12.5. The minimum absolute atomic E-state index is 0.140. The molecule has 1 aromatic heterocycles. The maximum Gasteiger partial charge on any atom is 0.357 e. The fourth-order valence-corrected chi connectivity index (χ4v) is 4.88. The third kappa shape index (κ3) is 3.47. The van der Waals surface area contributed by atoms with Crippen LogP contribution < -0.4 is 10.5 Å². The topological polar surface area (TPSA) is 73.7 Å². The average Bonchev–Trinajstić information content (AvgIpc) is 2.65. The van der Waals surface area contributed by atoms with Crippen LogP contribution in [0.2, 0.25) is 0 Å². The van der Waals surface area contributed by atoms with Crippen LogP contribution in [-0.4, -0.2) is 35.9 Å². The second-order valence-electron chi connectivity index (χ2n) is 6.01. The predicted octanol–water partition coefficient (Wildman–Crippen LogP) is 3.29. The molecule has 1 aromatic carbocycles. The van der Waals surface area contributed by atoms with E-state index in [1.54, 1.807) is 25.5 Å². The van der Waals surface area contributed by atoms with Crippen LogP contribution in [0.5, 0.6) is 0 Å². The molecule has 0 aliphatic carbocycles. The van der Waals surface area contributed by atoms with Gasteiger partial charge < -0.3 is 18.5 Å². The SMILES string of the molecule is CCOP(=O)(OCC)C1=CCN(c2nc3ccccc3n(C)c2=O)CC1. The Morgan fingerprint density at radius 3 is 2.50 bits per heavy atom. The Morgan fingerprint density at radius 2 is 1.88 bits per heavy atom. The second-order valence-corrected chi connectivity index (χ2v) is 8.10. The molecule has 1 aliphatic rings. The Morgan fingerprint density at radius 1 is 1.19 bits per heavy atom. The largest absolute Gasteiger partial charge is 0.357 e. The molecule has 0 fully saturated rings. The summed E-state index contributed by atoms with van der Waals surface area (Å²) in [6.45, 7) is 5.22. The van der Waals surface area contributed by atoms with Crippen LogP contribution in [-0.2, 0) is 20.7 Å². The number of benzene rings is 1. The Labute approximate surface area is 152 Å². The van der Waals surface area contributed by atoms with E-state index >= 15 is 0 Å². The van der Waals surface area contributed by atoms with Gasteiger partial charge in [-0.05, 0) is 32.4 Å². The molecule has 0 unspecified atom stereocenters. The smallest absolute Gasteiger partial charge is 0.348 e. The summed E-state index contributed by atoms with van der Waals surface area (Å²) in [4.78, 5) is 19.2. The van der Waals surface area contributed by atoms with Gasteiger partial charge in [0, 0.05) is 25.5 Å². The molecular weight excluding hydrogens is 353 g/mol. The summed E-state index contributed by atoms with van der Waals surface area (Å²) in [6, 6.07) is 7.56. The van der Waals surface area contributed by atoms with Gasteiger partial charge in [0.05, 0.1) is 24.2 Å². The van der Waals surface area contributed by atoms with Crippen molar-refractivity contribution in [1.82, 2.24) is 9.55 Å². The zero-order valence-corrected chi connectivity index (χ0v) is 16.2. The highest BCUT2D eigenvalue weighted by Gasteiger charge is 2.32. The molecule has 0 spiro atoms. The fraction of sp³-hybridized carbons (Fsp3) is 0.444. The van der Waals surface area contributed by atoms with Crippen LogP contribution in [0.25, 0.3) is 11.0 Å². The molecule has 140 valence electrons. The number of hydrogen-bond donors (Lipinski definition) is 0. The van der Waals surface area contributed by atoms with Crippen molar-refractivity contribution in [3.8, 4) is 0 Å². The quantitative estimate of drug-likeness (QED) is 0.719. The predicted molar refractivity (Wildman–Crippen MR) is 103 cm³/mol. The monoisotopic (exact) mass is 377 g/mol. The van der Waals surface area contributed by atoms with E-state index in [1.165, 1.54) is 0 Å². The van der Waals surface area contributed by atoms with Crippen molar-refractivity contribution < 1.29 is 13.6 Å². The number of aromatic nitrogens is 2. The van der Waals surface area contributed by atoms with Gasteiger partial charge in [0.25, 0.3) is 5.56 Å². The van der Waals surface area contributed by atoms with E-state index in [4.69, 9.17) is 9.05 Å².